The van der Waals surface area contributed by atoms with Gasteiger partial charge in [0.2, 0.25) is 0 Å². The maximum Gasteiger partial charge on any atom is 0.251 e. The lowest BCUT2D eigenvalue weighted by Gasteiger charge is -2.12. The molecule has 0 aliphatic heterocycles. The maximum atomic E-state index is 13.5. The van der Waals surface area contributed by atoms with E-state index in [0.717, 1.165) is 0 Å². The fourth-order valence-corrected chi connectivity index (χ4v) is 2.65. The number of aromatic amines is 1. The highest BCUT2D eigenvalue weighted by atomic mass is 32.2. The van der Waals surface area contributed by atoms with Gasteiger partial charge < -0.3 is 10.1 Å². The predicted octanol–water partition coefficient (Wildman–Crippen LogP) is 2.42. The number of nitrogens with zero attached hydrogens (tertiary/aromatic N) is 1. The molecular weight excluding hydrogens is 267 g/mol. The van der Waals surface area contributed by atoms with Crippen molar-refractivity contribution in [3.63, 3.8) is 0 Å². The number of aryl methyl sites for hydroxylation is 1. The van der Waals surface area contributed by atoms with E-state index in [1.807, 2.05) is 0 Å². The summed E-state index contributed by atoms with van der Waals surface area (Å²) < 4.78 is 13.5. The van der Waals surface area contributed by atoms with Crippen LogP contribution in [0.15, 0.2) is 39.2 Å². The zero-order valence-corrected chi connectivity index (χ0v) is 11.3. The number of aromatic nitrogens is 2. The van der Waals surface area contributed by atoms with Crippen molar-refractivity contribution in [2.24, 2.45) is 0 Å². The quantitative estimate of drug-likeness (QED) is 0.847. The van der Waals surface area contributed by atoms with Crippen LogP contribution < -0.4 is 5.56 Å². The Bertz CT molecular complexity index is 655. The minimum Gasteiger partial charge on any atom is -0.389 e. The highest BCUT2D eigenvalue weighted by Crippen LogP contribution is 2.32. The van der Waals surface area contributed by atoms with Gasteiger partial charge in [-0.05, 0) is 37.1 Å². The van der Waals surface area contributed by atoms with Crippen molar-refractivity contribution in [3.8, 4) is 0 Å². The zero-order valence-electron chi connectivity index (χ0n) is 10.5. The first-order chi connectivity index (χ1) is 8.97. The highest BCUT2D eigenvalue weighted by Gasteiger charge is 2.13. The average molecular weight is 280 g/mol. The number of benzene rings is 1. The molecule has 4 nitrogen and oxygen atoms in total. The highest BCUT2D eigenvalue weighted by molar-refractivity contribution is 7.99. The smallest absolute Gasteiger partial charge is 0.251 e. The monoisotopic (exact) mass is 280 g/mol. The topological polar surface area (TPSA) is 66.0 Å². The molecule has 0 fully saturated rings. The predicted molar refractivity (Wildman–Crippen MR) is 70.8 cm³/mol. The van der Waals surface area contributed by atoms with Crippen molar-refractivity contribution >= 4 is 11.8 Å². The van der Waals surface area contributed by atoms with E-state index in [2.05, 4.69) is 9.97 Å². The van der Waals surface area contributed by atoms with E-state index in [-0.39, 0.29) is 11.4 Å². The summed E-state index contributed by atoms with van der Waals surface area (Å²) in [5.41, 5.74) is 0.694. The van der Waals surface area contributed by atoms with Crippen LogP contribution in [0, 0.1) is 12.7 Å². The normalized spacial score (nSPS) is 12.4. The molecule has 0 spiro atoms. The second-order valence-corrected chi connectivity index (χ2v) is 5.19. The largest absolute Gasteiger partial charge is 0.389 e. The van der Waals surface area contributed by atoms with Gasteiger partial charge >= 0.3 is 0 Å². The average Bonchev–Trinajstić information content (AvgIpc) is 2.33. The Morgan fingerprint density at radius 2 is 2.21 bits per heavy atom. The molecule has 2 aromatic rings. The number of aliphatic hydroxyl groups is 1. The summed E-state index contributed by atoms with van der Waals surface area (Å²) in [6, 6.07) is 4.26. The van der Waals surface area contributed by atoms with Crippen LogP contribution in [-0.2, 0) is 0 Å². The van der Waals surface area contributed by atoms with Crippen molar-refractivity contribution in [2.75, 3.05) is 0 Å². The molecule has 19 heavy (non-hydrogen) atoms. The Kier molecular flexibility index (Phi) is 4.01. The van der Waals surface area contributed by atoms with Crippen LogP contribution in [0.5, 0.6) is 0 Å². The van der Waals surface area contributed by atoms with E-state index in [4.69, 9.17) is 0 Å². The number of nitrogens with one attached hydrogen (secondary N) is 1. The molecule has 100 valence electrons. The zero-order chi connectivity index (χ0) is 14.0. The first-order valence-electron chi connectivity index (χ1n) is 5.68. The number of halogens is 1. The Morgan fingerprint density at radius 3 is 2.84 bits per heavy atom. The van der Waals surface area contributed by atoms with E-state index in [9.17, 15) is 14.3 Å². The third kappa shape index (κ3) is 3.21. The summed E-state index contributed by atoms with van der Waals surface area (Å²) in [5.74, 6) is -0.366. The van der Waals surface area contributed by atoms with E-state index < -0.39 is 6.10 Å². The van der Waals surface area contributed by atoms with E-state index in [0.29, 0.717) is 21.2 Å². The lowest BCUT2D eigenvalue weighted by atomic mass is 10.1. The Balaban J connectivity index is 2.44. The molecule has 2 rings (SSSR count). The summed E-state index contributed by atoms with van der Waals surface area (Å²) in [5, 5.41) is 10.1. The van der Waals surface area contributed by atoms with Gasteiger partial charge in [0.25, 0.3) is 5.56 Å². The van der Waals surface area contributed by atoms with E-state index in [1.54, 1.807) is 19.9 Å². The first kappa shape index (κ1) is 13.8. The van der Waals surface area contributed by atoms with Crippen LogP contribution in [0.25, 0.3) is 0 Å². The second kappa shape index (κ2) is 5.54. The van der Waals surface area contributed by atoms with Gasteiger partial charge in [-0.2, -0.15) is 0 Å². The maximum absolute atomic E-state index is 13.5. The minimum absolute atomic E-state index is 0.255. The lowest BCUT2D eigenvalue weighted by molar-refractivity contribution is 0.196. The molecule has 1 heterocycles. The van der Waals surface area contributed by atoms with Gasteiger partial charge in [0.1, 0.15) is 5.82 Å². The summed E-state index contributed by atoms with van der Waals surface area (Å²) in [7, 11) is 0. The Morgan fingerprint density at radius 1 is 1.47 bits per heavy atom. The molecule has 0 saturated heterocycles. The van der Waals surface area contributed by atoms with Crippen molar-refractivity contribution in [1.82, 2.24) is 9.97 Å². The van der Waals surface area contributed by atoms with Gasteiger partial charge in [-0.15, -0.1) is 0 Å². The third-order valence-corrected chi connectivity index (χ3v) is 3.57. The van der Waals surface area contributed by atoms with Gasteiger partial charge in [-0.1, -0.05) is 11.8 Å². The van der Waals surface area contributed by atoms with Gasteiger partial charge in [0.05, 0.1) is 6.10 Å². The molecule has 6 heteroatoms. The molecule has 0 aliphatic rings. The molecular formula is C13H13FN2O2S. The molecule has 1 aromatic heterocycles. The molecule has 0 bridgehead atoms. The van der Waals surface area contributed by atoms with Crippen LogP contribution in [0.3, 0.4) is 0 Å². The molecule has 0 radical (unpaired) electrons. The van der Waals surface area contributed by atoms with Crippen LogP contribution >= 0.6 is 11.8 Å². The summed E-state index contributed by atoms with van der Waals surface area (Å²) in [6.07, 6.45) is 0.604. The molecule has 2 N–H and O–H groups in total. The molecule has 0 aliphatic carbocycles. The summed E-state index contributed by atoms with van der Waals surface area (Å²) in [4.78, 5) is 18.5. The van der Waals surface area contributed by atoms with Crippen LogP contribution in [0.4, 0.5) is 4.39 Å². The SMILES string of the molecule is Cc1cc(Sc2nccc(=O)[nH]2)c(C(C)O)cc1F. The first-order valence-corrected chi connectivity index (χ1v) is 6.50. The van der Waals surface area contributed by atoms with Crippen LogP contribution in [-0.4, -0.2) is 15.1 Å². The van der Waals surface area contributed by atoms with Crippen molar-refractivity contribution in [3.05, 3.63) is 51.7 Å². The molecule has 1 unspecified atom stereocenters. The van der Waals surface area contributed by atoms with Crippen molar-refractivity contribution < 1.29 is 9.50 Å². The molecule has 0 amide bonds. The van der Waals surface area contributed by atoms with Gasteiger partial charge in [-0.3, -0.25) is 4.79 Å². The molecule has 0 saturated carbocycles. The fraction of sp³-hybridized carbons (Fsp3) is 0.231. The number of rotatable bonds is 3. The van der Waals surface area contributed by atoms with Gasteiger partial charge in [-0.25, -0.2) is 9.37 Å². The van der Waals surface area contributed by atoms with Crippen LogP contribution in [0.1, 0.15) is 24.2 Å². The summed E-state index contributed by atoms with van der Waals surface area (Å²) in [6.45, 7) is 3.21. The Hall–Kier alpha value is -1.66. The number of H-pyrrole nitrogens is 1. The number of aliphatic hydroxyl groups excluding tert-OH is 1. The van der Waals surface area contributed by atoms with Crippen LogP contribution in [0.2, 0.25) is 0 Å². The fourth-order valence-electron chi connectivity index (χ4n) is 1.59. The molecule has 1 atom stereocenters. The standard InChI is InChI=1S/C13H13FN2O2S/c1-7-5-11(9(8(2)17)6-10(7)14)19-13-15-4-3-12(18)16-13/h3-6,8,17H,1-2H3,(H,15,16,18). The van der Waals surface area contributed by atoms with E-state index >= 15 is 0 Å². The molecule has 1 aromatic carbocycles. The third-order valence-electron chi connectivity index (χ3n) is 2.60. The minimum atomic E-state index is -0.798. The van der Waals surface area contributed by atoms with E-state index in [1.165, 1.54) is 30.1 Å². The van der Waals surface area contributed by atoms with Gasteiger partial charge in [0, 0.05) is 17.2 Å². The number of hydrogen-bond acceptors (Lipinski definition) is 4. The Labute approximate surface area is 113 Å². The summed E-state index contributed by atoms with van der Waals surface area (Å²) >= 11 is 1.19. The van der Waals surface area contributed by atoms with Gasteiger partial charge in [0.15, 0.2) is 5.16 Å². The second-order valence-electron chi connectivity index (χ2n) is 4.16. The van der Waals surface area contributed by atoms with Crippen molar-refractivity contribution in [1.29, 1.82) is 0 Å². The van der Waals surface area contributed by atoms with Crippen molar-refractivity contribution in [2.45, 2.75) is 30.0 Å². The number of hydrogen-bond donors (Lipinski definition) is 2. The lowest BCUT2D eigenvalue weighted by Crippen LogP contribution is -2.05.